The van der Waals surface area contributed by atoms with E-state index in [1.54, 1.807) is 0 Å². The molecule has 0 aromatic rings. The van der Waals surface area contributed by atoms with Gasteiger partial charge in [0.25, 0.3) is 0 Å². The third-order valence-corrected chi connectivity index (χ3v) is 3.57. The SMILES string of the molecule is N.O=[N+](OC1CCCCC1)OC1CCCCC1. The first-order valence-corrected chi connectivity index (χ1v) is 6.65. The van der Waals surface area contributed by atoms with Crippen molar-refractivity contribution in [2.75, 3.05) is 0 Å². The number of hydrogen-bond acceptors (Lipinski definition) is 4. The van der Waals surface area contributed by atoms with E-state index in [0.717, 1.165) is 25.7 Å². The Morgan fingerprint density at radius 3 is 1.41 bits per heavy atom. The Balaban J connectivity index is 0.00000144. The first-order valence-electron chi connectivity index (χ1n) is 6.65. The van der Waals surface area contributed by atoms with Crippen molar-refractivity contribution in [3.63, 3.8) is 0 Å². The van der Waals surface area contributed by atoms with Crippen LogP contribution in [0.15, 0.2) is 0 Å². The molecule has 5 nitrogen and oxygen atoms in total. The smallest absolute Gasteiger partial charge is 0.344 e. The van der Waals surface area contributed by atoms with Crippen molar-refractivity contribution in [2.45, 2.75) is 76.4 Å². The molecule has 0 saturated heterocycles. The van der Waals surface area contributed by atoms with Crippen molar-refractivity contribution in [3.05, 3.63) is 4.91 Å². The molecule has 0 aliphatic heterocycles. The van der Waals surface area contributed by atoms with Crippen LogP contribution in [0.25, 0.3) is 0 Å². The van der Waals surface area contributed by atoms with Crippen LogP contribution in [0.5, 0.6) is 0 Å². The van der Waals surface area contributed by atoms with Crippen LogP contribution in [0.2, 0.25) is 0 Å². The van der Waals surface area contributed by atoms with E-state index in [1.165, 1.54) is 38.5 Å². The lowest BCUT2D eigenvalue weighted by atomic mass is 9.98. The molecule has 0 unspecified atom stereocenters. The minimum absolute atomic E-state index is 0. The maximum Gasteiger partial charge on any atom is 0.478 e. The van der Waals surface area contributed by atoms with E-state index >= 15 is 0 Å². The molecule has 2 saturated carbocycles. The zero-order valence-corrected chi connectivity index (χ0v) is 10.6. The van der Waals surface area contributed by atoms with E-state index in [2.05, 4.69) is 0 Å². The van der Waals surface area contributed by atoms with Gasteiger partial charge in [0.15, 0.2) is 12.2 Å². The Morgan fingerprint density at radius 1 is 0.706 bits per heavy atom. The fourth-order valence-corrected chi connectivity index (χ4v) is 2.61. The molecule has 5 heteroatoms. The minimum atomic E-state index is 0. The highest BCUT2D eigenvalue weighted by Crippen LogP contribution is 2.23. The van der Waals surface area contributed by atoms with Crippen molar-refractivity contribution < 1.29 is 14.8 Å². The van der Waals surface area contributed by atoms with E-state index in [-0.39, 0.29) is 18.4 Å². The molecule has 3 N–H and O–H groups in total. The van der Waals surface area contributed by atoms with E-state index < -0.39 is 0 Å². The summed E-state index contributed by atoms with van der Waals surface area (Å²) < 4.78 is 0. The van der Waals surface area contributed by atoms with Crippen molar-refractivity contribution in [3.8, 4) is 0 Å². The lowest BCUT2D eigenvalue weighted by molar-refractivity contribution is -0.993. The van der Waals surface area contributed by atoms with Crippen LogP contribution in [0.3, 0.4) is 0 Å². The molecule has 100 valence electrons. The second-order valence-corrected chi connectivity index (χ2v) is 4.95. The normalized spacial score (nSPS) is 22.6. The second-order valence-electron chi connectivity index (χ2n) is 4.95. The van der Waals surface area contributed by atoms with Crippen molar-refractivity contribution in [1.82, 2.24) is 6.15 Å². The summed E-state index contributed by atoms with van der Waals surface area (Å²) in [6.45, 7) is 0. The fraction of sp³-hybridized carbons (Fsp3) is 1.00. The lowest BCUT2D eigenvalue weighted by Crippen LogP contribution is -2.28. The van der Waals surface area contributed by atoms with Gasteiger partial charge in [-0.1, -0.05) is 12.8 Å². The van der Waals surface area contributed by atoms with Crippen molar-refractivity contribution in [2.24, 2.45) is 0 Å². The molecule has 2 fully saturated rings. The van der Waals surface area contributed by atoms with E-state index in [0.29, 0.717) is 5.09 Å². The third kappa shape index (κ3) is 4.89. The molecule has 0 amide bonds. The molecule has 17 heavy (non-hydrogen) atoms. The quantitative estimate of drug-likeness (QED) is 0.770. The Morgan fingerprint density at radius 2 is 1.06 bits per heavy atom. The summed E-state index contributed by atoms with van der Waals surface area (Å²) in [5.41, 5.74) is 0. The van der Waals surface area contributed by atoms with Gasteiger partial charge in [-0.05, 0) is 51.4 Å². The predicted octanol–water partition coefficient (Wildman–Crippen LogP) is 3.46. The summed E-state index contributed by atoms with van der Waals surface area (Å²) in [4.78, 5) is 22.0. The van der Waals surface area contributed by atoms with Crippen molar-refractivity contribution >= 4 is 0 Å². The average molecular weight is 245 g/mol. The van der Waals surface area contributed by atoms with E-state index in [4.69, 9.17) is 9.68 Å². The summed E-state index contributed by atoms with van der Waals surface area (Å²) in [6, 6.07) is 0. The number of hydrogen-bond donors (Lipinski definition) is 1. The third-order valence-electron chi connectivity index (χ3n) is 3.57. The summed E-state index contributed by atoms with van der Waals surface area (Å²) in [6.07, 6.45) is 11.3. The molecular weight excluding hydrogens is 220 g/mol. The van der Waals surface area contributed by atoms with Gasteiger partial charge in [0.1, 0.15) is 4.91 Å². The molecule has 0 bridgehead atoms. The molecule has 2 rings (SSSR count). The molecule has 0 spiro atoms. The summed E-state index contributed by atoms with van der Waals surface area (Å²) >= 11 is 0. The highest BCUT2D eigenvalue weighted by Gasteiger charge is 2.29. The van der Waals surface area contributed by atoms with Gasteiger partial charge in [0.2, 0.25) is 0 Å². The second kappa shape index (κ2) is 7.48. The number of rotatable bonds is 4. The molecular formula is C12H25N2O3+. The fourth-order valence-electron chi connectivity index (χ4n) is 2.61. The van der Waals surface area contributed by atoms with Gasteiger partial charge >= 0.3 is 5.09 Å². The Labute approximate surface area is 103 Å². The van der Waals surface area contributed by atoms with Crippen LogP contribution in [0.4, 0.5) is 0 Å². The molecule has 0 atom stereocenters. The first kappa shape index (κ1) is 14.2. The molecule has 0 aromatic heterocycles. The highest BCUT2D eigenvalue weighted by molar-refractivity contribution is 4.64. The molecule has 2 aliphatic rings. The van der Waals surface area contributed by atoms with Gasteiger partial charge in [0.05, 0.1) is 0 Å². The summed E-state index contributed by atoms with van der Waals surface area (Å²) in [5, 5.41) is 0.381. The van der Waals surface area contributed by atoms with Gasteiger partial charge in [-0.3, -0.25) is 0 Å². The number of nitrogens with zero attached hydrogens (tertiary/aromatic N) is 1. The van der Waals surface area contributed by atoms with Crippen LogP contribution < -0.4 is 6.15 Å². The van der Waals surface area contributed by atoms with Crippen molar-refractivity contribution in [1.29, 1.82) is 0 Å². The van der Waals surface area contributed by atoms with Crippen LogP contribution in [-0.4, -0.2) is 17.3 Å². The van der Waals surface area contributed by atoms with Gasteiger partial charge in [-0.15, -0.1) is 0 Å². The standard InChI is InChI=1S/C12H22NO3.H3N/c14-13(15-11-7-3-1-4-8-11)16-12-9-5-2-6-10-12;/h11-12H,1-10H2;1H3/q+1;. The molecule has 0 aromatic carbocycles. The van der Waals surface area contributed by atoms with E-state index in [1.807, 2.05) is 0 Å². The lowest BCUT2D eigenvalue weighted by Gasteiger charge is -2.18. The summed E-state index contributed by atoms with van der Waals surface area (Å²) in [5.74, 6) is 0. The average Bonchev–Trinajstić information content (AvgIpc) is 2.31. The predicted molar refractivity (Wildman–Crippen MR) is 64.6 cm³/mol. The largest absolute Gasteiger partial charge is 0.478 e. The summed E-state index contributed by atoms with van der Waals surface area (Å²) in [7, 11) is 0. The van der Waals surface area contributed by atoms with Crippen LogP contribution in [0.1, 0.15) is 64.2 Å². The van der Waals surface area contributed by atoms with Crippen LogP contribution in [-0.2, 0) is 9.68 Å². The Kier molecular flexibility index (Phi) is 6.26. The van der Waals surface area contributed by atoms with Gasteiger partial charge in [-0.2, -0.15) is 9.68 Å². The van der Waals surface area contributed by atoms with Gasteiger partial charge in [0, 0.05) is 0 Å². The topological polar surface area (TPSA) is 73.5 Å². The van der Waals surface area contributed by atoms with Gasteiger partial charge in [-0.25, -0.2) is 0 Å². The zero-order valence-electron chi connectivity index (χ0n) is 10.6. The Hall–Kier alpha value is -0.840. The highest BCUT2D eigenvalue weighted by atomic mass is 17.0. The van der Waals surface area contributed by atoms with Gasteiger partial charge < -0.3 is 6.15 Å². The van der Waals surface area contributed by atoms with E-state index in [9.17, 15) is 4.91 Å². The first-order chi connectivity index (χ1) is 7.84. The Bertz CT molecular complexity index is 202. The molecule has 2 aliphatic carbocycles. The monoisotopic (exact) mass is 245 g/mol. The minimum Gasteiger partial charge on any atom is -0.344 e. The molecule has 0 heterocycles. The molecule has 0 radical (unpaired) electrons. The maximum atomic E-state index is 11.5. The van der Waals surface area contributed by atoms with Crippen LogP contribution in [0, 0.1) is 4.91 Å². The van der Waals surface area contributed by atoms with Crippen LogP contribution >= 0.6 is 0 Å². The maximum absolute atomic E-state index is 11.5. The zero-order chi connectivity index (χ0) is 11.2.